The highest BCUT2D eigenvalue weighted by Gasteiger charge is 2.26. The zero-order chi connectivity index (χ0) is 13.6. The maximum atomic E-state index is 11.0. The monoisotopic (exact) mass is 298 g/mol. The Morgan fingerprint density at radius 1 is 1.37 bits per heavy atom. The zero-order valence-electron chi connectivity index (χ0n) is 10.1. The van der Waals surface area contributed by atoms with Gasteiger partial charge in [-0.25, -0.2) is 4.98 Å². The van der Waals surface area contributed by atoms with Crippen LogP contribution in [-0.4, -0.2) is 20.6 Å². The number of imidazole rings is 1. The molecule has 19 heavy (non-hydrogen) atoms. The first-order valence-electron chi connectivity index (χ1n) is 6.13. The van der Waals surface area contributed by atoms with E-state index in [0.717, 1.165) is 24.2 Å². The summed E-state index contributed by atoms with van der Waals surface area (Å²) < 4.78 is 1.74. The van der Waals surface area contributed by atoms with Crippen LogP contribution in [-0.2, 0) is 11.3 Å². The average molecular weight is 299 g/mol. The summed E-state index contributed by atoms with van der Waals surface area (Å²) in [7, 11) is 0. The fourth-order valence-electron chi connectivity index (χ4n) is 2.42. The number of fused-ring (bicyclic) bond motifs is 1. The Morgan fingerprint density at radius 2 is 2.05 bits per heavy atom. The van der Waals surface area contributed by atoms with Crippen LogP contribution in [0.4, 0.5) is 0 Å². The van der Waals surface area contributed by atoms with Gasteiger partial charge in [-0.3, -0.25) is 4.79 Å². The highest BCUT2D eigenvalue weighted by Crippen LogP contribution is 2.38. The SMILES string of the molecule is O=C(O)Cn1c(C2CCC2)nc2cc(Cl)c(Cl)cc21. The van der Waals surface area contributed by atoms with Crippen molar-refractivity contribution < 1.29 is 9.90 Å². The third-order valence-corrected chi connectivity index (χ3v) is 4.31. The number of hydrogen-bond acceptors (Lipinski definition) is 2. The van der Waals surface area contributed by atoms with E-state index in [1.807, 2.05) is 0 Å². The third-order valence-electron chi connectivity index (χ3n) is 3.58. The smallest absolute Gasteiger partial charge is 0.323 e. The minimum Gasteiger partial charge on any atom is -0.480 e. The molecule has 6 heteroatoms. The van der Waals surface area contributed by atoms with Gasteiger partial charge in [-0.2, -0.15) is 0 Å². The molecule has 0 unspecified atom stereocenters. The van der Waals surface area contributed by atoms with Crippen molar-refractivity contribution in [3.05, 3.63) is 28.0 Å². The molecule has 1 aliphatic carbocycles. The van der Waals surface area contributed by atoms with Gasteiger partial charge in [0.05, 0.1) is 21.1 Å². The van der Waals surface area contributed by atoms with Gasteiger partial charge < -0.3 is 9.67 Å². The van der Waals surface area contributed by atoms with Gasteiger partial charge in [0.25, 0.3) is 0 Å². The number of halogens is 2. The Hall–Kier alpha value is -1.26. The van der Waals surface area contributed by atoms with Crippen LogP contribution >= 0.6 is 23.2 Å². The Morgan fingerprint density at radius 3 is 2.63 bits per heavy atom. The molecule has 4 nitrogen and oxygen atoms in total. The fourth-order valence-corrected chi connectivity index (χ4v) is 2.73. The summed E-state index contributed by atoms with van der Waals surface area (Å²) in [5.41, 5.74) is 1.44. The van der Waals surface area contributed by atoms with Crippen molar-refractivity contribution in [2.75, 3.05) is 0 Å². The van der Waals surface area contributed by atoms with Gasteiger partial charge in [-0.15, -0.1) is 0 Å². The molecule has 1 saturated carbocycles. The normalized spacial score (nSPS) is 15.7. The van der Waals surface area contributed by atoms with Crippen molar-refractivity contribution in [1.82, 2.24) is 9.55 Å². The van der Waals surface area contributed by atoms with E-state index in [1.165, 1.54) is 6.42 Å². The molecule has 0 saturated heterocycles. The molecule has 3 rings (SSSR count). The van der Waals surface area contributed by atoms with E-state index in [4.69, 9.17) is 28.3 Å². The van der Waals surface area contributed by atoms with Gasteiger partial charge in [0.2, 0.25) is 0 Å². The number of aliphatic carboxylic acids is 1. The summed E-state index contributed by atoms with van der Waals surface area (Å²) in [4.78, 5) is 15.6. The van der Waals surface area contributed by atoms with E-state index in [2.05, 4.69) is 4.98 Å². The summed E-state index contributed by atoms with van der Waals surface area (Å²) in [5, 5.41) is 9.91. The van der Waals surface area contributed by atoms with Crippen LogP contribution in [0.25, 0.3) is 11.0 Å². The molecule has 0 spiro atoms. The summed E-state index contributed by atoms with van der Waals surface area (Å²) in [6.07, 6.45) is 3.29. The summed E-state index contributed by atoms with van der Waals surface area (Å²) in [5.74, 6) is 0.303. The van der Waals surface area contributed by atoms with E-state index in [1.54, 1.807) is 16.7 Å². The molecule has 0 amide bonds. The molecule has 1 aromatic heterocycles. The fraction of sp³-hybridized carbons (Fsp3) is 0.385. The number of carboxylic acids is 1. The Kier molecular flexibility index (Phi) is 3.15. The quantitative estimate of drug-likeness (QED) is 0.940. The van der Waals surface area contributed by atoms with Gasteiger partial charge in [0.1, 0.15) is 12.4 Å². The number of nitrogens with zero attached hydrogens (tertiary/aromatic N) is 2. The molecule has 0 bridgehead atoms. The van der Waals surface area contributed by atoms with Crippen LogP contribution in [0.15, 0.2) is 12.1 Å². The second-order valence-electron chi connectivity index (χ2n) is 4.83. The van der Waals surface area contributed by atoms with Crippen molar-refractivity contribution >= 4 is 40.2 Å². The first kappa shape index (κ1) is 12.8. The molecular formula is C13H12Cl2N2O2. The number of carboxylic acid groups (broad SMARTS) is 1. The highest BCUT2D eigenvalue weighted by molar-refractivity contribution is 6.42. The van der Waals surface area contributed by atoms with Gasteiger partial charge in [0.15, 0.2) is 0 Å². The van der Waals surface area contributed by atoms with E-state index >= 15 is 0 Å². The van der Waals surface area contributed by atoms with E-state index in [0.29, 0.717) is 21.5 Å². The van der Waals surface area contributed by atoms with Crippen molar-refractivity contribution in [2.45, 2.75) is 31.7 Å². The lowest BCUT2D eigenvalue weighted by Gasteiger charge is -2.25. The molecule has 1 aromatic carbocycles. The Bertz CT molecular complexity index is 662. The second kappa shape index (κ2) is 4.69. The first-order valence-corrected chi connectivity index (χ1v) is 6.89. The standard InChI is InChI=1S/C13H12Cl2N2O2/c14-8-4-10-11(5-9(8)15)17(6-12(18)19)13(16-10)7-2-1-3-7/h4-5,7H,1-3,6H2,(H,18,19). The first-order chi connectivity index (χ1) is 9.06. The van der Waals surface area contributed by atoms with Crippen molar-refractivity contribution in [1.29, 1.82) is 0 Å². The number of rotatable bonds is 3. The lowest BCUT2D eigenvalue weighted by molar-refractivity contribution is -0.137. The molecule has 2 aromatic rings. The molecule has 1 N–H and O–H groups in total. The number of carbonyl (C=O) groups is 1. The molecule has 1 heterocycles. The Labute approximate surface area is 119 Å². The minimum absolute atomic E-state index is 0.0969. The van der Waals surface area contributed by atoms with Crippen LogP contribution in [0.1, 0.15) is 31.0 Å². The topological polar surface area (TPSA) is 55.1 Å². The largest absolute Gasteiger partial charge is 0.480 e. The predicted octanol–water partition coefficient (Wildman–Crippen LogP) is 3.70. The van der Waals surface area contributed by atoms with Gasteiger partial charge >= 0.3 is 5.97 Å². The second-order valence-corrected chi connectivity index (χ2v) is 5.65. The van der Waals surface area contributed by atoms with Gasteiger partial charge in [-0.05, 0) is 25.0 Å². The summed E-state index contributed by atoms with van der Waals surface area (Å²) in [6, 6.07) is 3.39. The average Bonchev–Trinajstić information content (AvgIpc) is 2.55. The summed E-state index contributed by atoms with van der Waals surface area (Å²) >= 11 is 12.0. The van der Waals surface area contributed by atoms with Crippen LogP contribution in [0.2, 0.25) is 10.0 Å². The molecule has 100 valence electrons. The maximum absolute atomic E-state index is 11.0. The molecule has 0 atom stereocenters. The predicted molar refractivity (Wildman–Crippen MR) is 74.0 cm³/mol. The van der Waals surface area contributed by atoms with Crippen molar-refractivity contribution in [3.63, 3.8) is 0 Å². The van der Waals surface area contributed by atoms with E-state index in [-0.39, 0.29) is 6.54 Å². The Balaban J connectivity index is 2.19. The molecule has 0 aliphatic heterocycles. The highest BCUT2D eigenvalue weighted by atomic mass is 35.5. The van der Waals surface area contributed by atoms with Crippen LogP contribution in [0.5, 0.6) is 0 Å². The number of aromatic nitrogens is 2. The summed E-state index contributed by atoms with van der Waals surface area (Å²) in [6.45, 7) is -0.0969. The minimum atomic E-state index is -0.883. The number of benzene rings is 1. The lowest BCUT2D eigenvalue weighted by Crippen LogP contribution is -2.18. The van der Waals surface area contributed by atoms with Gasteiger partial charge in [0, 0.05) is 5.92 Å². The molecule has 0 radical (unpaired) electrons. The van der Waals surface area contributed by atoms with Gasteiger partial charge in [-0.1, -0.05) is 29.6 Å². The molecule has 1 fully saturated rings. The van der Waals surface area contributed by atoms with Crippen LogP contribution < -0.4 is 0 Å². The third kappa shape index (κ3) is 2.19. The lowest BCUT2D eigenvalue weighted by atomic mass is 9.85. The van der Waals surface area contributed by atoms with Crippen LogP contribution in [0.3, 0.4) is 0 Å². The molecule has 1 aliphatic rings. The zero-order valence-corrected chi connectivity index (χ0v) is 11.6. The van der Waals surface area contributed by atoms with E-state index < -0.39 is 5.97 Å². The molecular weight excluding hydrogens is 287 g/mol. The van der Waals surface area contributed by atoms with Crippen LogP contribution in [0, 0.1) is 0 Å². The van der Waals surface area contributed by atoms with Crippen molar-refractivity contribution in [3.8, 4) is 0 Å². The number of hydrogen-bond donors (Lipinski definition) is 1. The maximum Gasteiger partial charge on any atom is 0.323 e. The van der Waals surface area contributed by atoms with E-state index in [9.17, 15) is 4.79 Å². The van der Waals surface area contributed by atoms with Crippen molar-refractivity contribution in [2.24, 2.45) is 0 Å².